The van der Waals surface area contributed by atoms with Gasteiger partial charge in [-0.25, -0.2) is 14.8 Å². The lowest BCUT2D eigenvalue weighted by atomic mass is 10.0. The standard InChI is InChI=1S/C14H15N3O3/c1-14(6-7-20-8-14)17-11-9-4-2-3-5-10(9)15-12(16-11)13(18)19/h2-5H,6-8H2,1H3,(H,18,19)(H,15,16,17). The number of rotatable bonds is 3. The second-order valence-corrected chi connectivity index (χ2v) is 5.21. The van der Waals surface area contributed by atoms with Crippen LogP contribution in [0, 0.1) is 0 Å². The predicted molar refractivity (Wildman–Crippen MR) is 74.0 cm³/mol. The summed E-state index contributed by atoms with van der Waals surface area (Å²) in [5.74, 6) is -0.790. The molecule has 2 N–H and O–H groups in total. The van der Waals surface area contributed by atoms with Gasteiger partial charge in [-0.05, 0) is 25.5 Å². The molecule has 0 saturated carbocycles. The fourth-order valence-electron chi connectivity index (χ4n) is 2.32. The van der Waals surface area contributed by atoms with E-state index in [9.17, 15) is 4.79 Å². The van der Waals surface area contributed by atoms with Crippen molar-refractivity contribution in [1.29, 1.82) is 0 Å². The molecule has 1 aliphatic rings. The third kappa shape index (κ3) is 2.30. The molecular weight excluding hydrogens is 258 g/mol. The number of nitrogens with zero attached hydrogens (tertiary/aromatic N) is 2. The Morgan fingerprint density at radius 2 is 2.20 bits per heavy atom. The normalized spacial score (nSPS) is 22.1. The zero-order valence-corrected chi connectivity index (χ0v) is 11.1. The van der Waals surface area contributed by atoms with Crippen LogP contribution in [0.2, 0.25) is 0 Å². The molecule has 6 nitrogen and oxygen atoms in total. The maximum atomic E-state index is 11.1. The van der Waals surface area contributed by atoms with E-state index in [4.69, 9.17) is 9.84 Å². The third-order valence-electron chi connectivity index (χ3n) is 3.43. The molecule has 1 unspecified atom stereocenters. The van der Waals surface area contributed by atoms with Gasteiger partial charge in [0.25, 0.3) is 0 Å². The van der Waals surface area contributed by atoms with Crippen LogP contribution in [0.3, 0.4) is 0 Å². The Labute approximate surface area is 115 Å². The van der Waals surface area contributed by atoms with E-state index in [1.165, 1.54) is 0 Å². The molecule has 3 rings (SSSR count). The van der Waals surface area contributed by atoms with Gasteiger partial charge >= 0.3 is 5.97 Å². The van der Waals surface area contributed by atoms with Crippen molar-refractivity contribution >= 4 is 22.7 Å². The SMILES string of the molecule is CC1(Nc2nc(C(=O)O)nc3ccccc23)CCOC1. The number of anilines is 1. The number of nitrogens with one attached hydrogen (secondary N) is 1. The first-order valence-corrected chi connectivity index (χ1v) is 6.43. The van der Waals surface area contributed by atoms with E-state index in [0.717, 1.165) is 11.8 Å². The highest BCUT2D eigenvalue weighted by molar-refractivity contribution is 5.93. The van der Waals surface area contributed by atoms with Crippen LogP contribution in [-0.4, -0.2) is 39.8 Å². The number of ether oxygens (including phenoxy) is 1. The lowest BCUT2D eigenvalue weighted by molar-refractivity contribution is 0.0684. The number of hydrogen-bond acceptors (Lipinski definition) is 5. The van der Waals surface area contributed by atoms with Crippen molar-refractivity contribution in [2.75, 3.05) is 18.5 Å². The van der Waals surface area contributed by atoms with Gasteiger partial charge in [-0.2, -0.15) is 0 Å². The van der Waals surface area contributed by atoms with E-state index in [1.807, 2.05) is 25.1 Å². The first-order chi connectivity index (χ1) is 9.57. The largest absolute Gasteiger partial charge is 0.475 e. The maximum absolute atomic E-state index is 11.1. The van der Waals surface area contributed by atoms with Crippen molar-refractivity contribution in [3.8, 4) is 0 Å². The van der Waals surface area contributed by atoms with Gasteiger partial charge in [-0.3, -0.25) is 0 Å². The van der Waals surface area contributed by atoms with Gasteiger partial charge in [-0.15, -0.1) is 0 Å². The number of aromatic nitrogens is 2. The highest BCUT2D eigenvalue weighted by Gasteiger charge is 2.30. The van der Waals surface area contributed by atoms with E-state index in [-0.39, 0.29) is 11.4 Å². The Balaban J connectivity index is 2.09. The van der Waals surface area contributed by atoms with Crippen LogP contribution in [0.1, 0.15) is 24.0 Å². The minimum Gasteiger partial charge on any atom is -0.475 e. The van der Waals surface area contributed by atoms with Crippen LogP contribution in [0.15, 0.2) is 24.3 Å². The van der Waals surface area contributed by atoms with Crippen LogP contribution in [0.4, 0.5) is 5.82 Å². The first-order valence-electron chi connectivity index (χ1n) is 6.43. The molecule has 1 aromatic heterocycles. The molecule has 20 heavy (non-hydrogen) atoms. The fourth-order valence-corrected chi connectivity index (χ4v) is 2.32. The van der Waals surface area contributed by atoms with Crippen LogP contribution in [-0.2, 0) is 4.74 Å². The highest BCUT2D eigenvalue weighted by Crippen LogP contribution is 2.27. The summed E-state index contributed by atoms with van der Waals surface area (Å²) >= 11 is 0. The Kier molecular flexibility index (Phi) is 3.02. The number of fused-ring (bicyclic) bond motifs is 1. The molecule has 0 spiro atoms. The summed E-state index contributed by atoms with van der Waals surface area (Å²) < 4.78 is 5.40. The Hall–Kier alpha value is -2.21. The molecule has 1 atom stereocenters. The van der Waals surface area contributed by atoms with Gasteiger partial charge in [0.2, 0.25) is 5.82 Å². The smallest absolute Gasteiger partial charge is 0.374 e. The minimum atomic E-state index is -1.13. The molecule has 1 saturated heterocycles. The van der Waals surface area contributed by atoms with Crippen LogP contribution in [0.25, 0.3) is 10.9 Å². The number of carboxylic acid groups (broad SMARTS) is 1. The Morgan fingerprint density at radius 1 is 1.40 bits per heavy atom. The molecule has 1 aliphatic heterocycles. The van der Waals surface area contributed by atoms with Gasteiger partial charge < -0.3 is 15.2 Å². The molecule has 0 amide bonds. The number of benzene rings is 1. The first kappa shape index (κ1) is 12.8. The van der Waals surface area contributed by atoms with Gasteiger partial charge in [0, 0.05) is 12.0 Å². The summed E-state index contributed by atoms with van der Waals surface area (Å²) in [4.78, 5) is 19.3. The van der Waals surface area contributed by atoms with Crippen molar-refractivity contribution in [3.63, 3.8) is 0 Å². The quantitative estimate of drug-likeness (QED) is 0.888. The van der Waals surface area contributed by atoms with Crippen LogP contribution < -0.4 is 5.32 Å². The molecule has 104 valence electrons. The van der Waals surface area contributed by atoms with Gasteiger partial charge in [0.15, 0.2) is 0 Å². The summed E-state index contributed by atoms with van der Waals surface area (Å²) in [6, 6.07) is 7.36. The average molecular weight is 273 g/mol. The molecule has 1 fully saturated rings. The molecule has 2 aromatic rings. The zero-order valence-electron chi connectivity index (χ0n) is 11.1. The second-order valence-electron chi connectivity index (χ2n) is 5.21. The van der Waals surface area contributed by atoms with Crippen LogP contribution >= 0.6 is 0 Å². The predicted octanol–water partition coefficient (Wildman–Crippen LogP) is 1.92. The maximum Gasteiger partial charge on any atom is 0.374 e. The molecule has 0 radical (unpaired) electrons. The van der Waals surface area contributed by atoms with Crippen molar-refractivity contribution in [1.82, 2.24) is 9.97 Å². The fraction of sp³-hybridized carbons (Fsp3) is 0.357. The van der Waals surface area contributed by atoms with E-state index < -0.39 is 5.97 Å². The topological polar surface area (TPSA) is 84.3 Å². The third-order valence-corrected chi connectivity index (χ3v) is 3.43. The van der Waals surface area contributed by atoms with Crippen molar-refractivity contribution in [2.45, 2.75) is 18.9 Å². The monoisotopic (exact) mass is 273 g/mol. The number of aromatic carboxylic acids is 1. The van der Waals surface area contributed by atoms with E-state index in [0.29, 0.717) is 24.5 Å². The summed E-state index contributed by atoms with van der Waals surface area (Å²) in [7, 11) is 0. The molecule has 0 aliphatic carbocycles. The average Bonchev–Trinajstić information content (AvgIpc) is 2.85. The van der Waals surface area contributed by atoms with Crippen molar-refractivity contribution < 1.29 is 14.6 Å². The van der Waals surface area contributed by atoms with Gasteiger partial charge in [0.1, 0.15) is 5.82 Å². The van der Waals surface area contributed by atoms with E-state index in [2.05, 4.69) is 15.3 Å². The minimum absolute atomic E-state index is 0.200. The number of carbonyl (C=O) groups is 1. The van der Waals surface area contributed by atoms with Crippen molar-refractivity contribution in [2.24, 2.45) is 0 Å². The van der Waals surface area contributed by atoms with Gasteiger partial charge in [0.05, 0.1) is 17.7 Å². The molecule has 6 heteroatoms. The van der Waals surface area contributed by atoms with Crippen molar-refractivity contribution in [3.05, 3.63) is 30.1 Å². The summed E-state index contributed by atoms with van der Waals surface area (Å²) in [6.07, 6.45) is 0.855. The molecule has 1 aromatic carbocycles. The lowest BCUT2D eigenvalue weighted by Crippen LogP contribution is -2.35. The lowest BCUT2D eigenvalue weighted by Gasteiger charge is -2.25. The highest BCUT2D eigenvalue weighted by atomic mass is 16.5. The second kappa shape index (κ2) is 4.72. The molecular formula is C14H15N3O3. The molecule has 0 bridgehead atoms. The zero-order chi connectivity index (χ0) is 14.2. The number of hydrogen-bond donors (Lipinski definition) is 2. The molecule has 2 heterocycles. The van der Waals surface area contributed by atoms with Gasteiger partial charge in [-0.1, -0.05) is 12.1 Å². The van der Waals surface area contributed by atoms with E-state index >= 15 is 0 Å². The summed E-state index contributed by atoms with van der Waals surface area (Å²) in [5, 5.41) is 13.2. The number of para-hydroxylation sites is 1. The Morgan fingerprint density at radius 3 is 2.90 bits per heavy atom. The number of carboxylic acids is 1. The van der Waals surface area contributed by atoms with E-state index in [1.54, 1.807) is 6.07 Å². The Bertz CT molecular complexity index is 666. The summed E-state index contributed by atoms with van der Waals surface area (Å²) in [6.45, 7) is 3.31. The van der Waals surface area contributed by atoms with Crippen LogP contribution in [0.5, 0.6) is 0 Å². The summed E-state index contributed by atoms with van der Waals surface area (Å²) in [5.41, 5.74) is 0.386.